The molecule has 0 aromatic heterocycles. The molecule has 2 amide bonds. The van der Waals surface area contributed by atoms with Gasteiger partial charge in [-0.05, 0) is 23.3 Å². The third kappa shape index (κ3) is 5.56. The Balaban J connectivity index is 1.87. The average Bonchev–Trinajstić information content (AvgIpc) is 2.66. The second-order valence-electron chi connectivity index (χ2n) is 5.91. The Labute approximate surface area is 157 Å². The van der Waals surface area contributed by atoms with Crippen LogP contribution in [0.4, 0.5) is 0 Å². The molecule has 0 aliphatic heterocycles. The van der Waals surface area contributed by atoms with Crippen molar-refractivity contribution in [3.63, 3.8) is 0 Å². The maximum Gasteiger partial charge on any atom is 0.254 e. The van der Waals surface area contributed by atoms with Crippen LogP contribution in [0, 0.1) is 0 Å². The molecule has 0 fully saturated rings. The Hall–Kier alpha value is -2.41. The lowest BCUT2D eigenvalue weighted by atomic mass is 10.1. The number of hydrogen-bond acceptors (Lipinski definition) is 4. The minimum atomic E-state index is -1.85. The Morgan fingerprint density at radius 2 is 1.62 bits per heavy atom. The minimum absolute atomic E-state index is 0.147. The van der Waals surface area contributed by atoms with Crippen molar-refractivity contribution in [2.45, 2.75) is 25.3 Å². The van der Waals surface area contributed by atoms with Gasteiger partial charge in [-0.15, -0.1) is 0 Å². The molecule has 7 heteroatoms. The number of hydrogen-bond donors (Lipinski definition) is 3. The van der Waals surface area contributed by atoms with Gasteiger partial charge in [-0.1, -0.05) is 54.1 Å². The number of rotatable bonds is 7. The Morgan fingerprint density at radius 1 is 1.00 bits per heavy atom. The number of amides is 2. The van der Waals surface area contributed by atoms with Gasteiger partial charge in [0.2, 0.25) is 0 Å². The van der Waals surface area contributed by atoms with E-state index in [4.69, 9.17) is 11.6 Å². The van der Waals surface area contributed by atoms with Crippen molar-refractivity contribution >= 4 is 23.4 Å². The summed E-state index contributed by atoms with van der Waals surface area (Å²) in [5.41, 5.74) is 1.65. The zero-order valence-corrected chi connectivity index (χ0v) is 15.1. The van der Waals surface area contributed by atoms with Crippen molar-refractivity contribution in [3.8, 4) is 0 Å². The van der Waals surface area contributed by atoms with Crippen LogP contribution < -0.4 is 5.32 Å². The zero-order valence-electron chi connectivity index (χ0n) is 14.3. The number of likely N-dealkylation sites (N-methyl/N-ethyl adjacent to an activating group) is 1. The molecule has 0 radical (unpaired) electrons. The van der Waals surface area contributed by atoms with Crippen LogP contribution in [0.1, 0.15) is 11.1 Å². The van der Waals surface area contributed by atoms with E-state index in [9.17, 15) is 19.8 Å². The molecule has 0 saturated heterocycles. The fourth-order valence-electron chi connectivity index (χ4n) is 2.34. The molecule has 2 atom stereocenters. The molecular weight excluding hydrogens is 356 g/mol. The highest BCUT2D eigenvalue weighted by molar-refractivity contribution is 6.30. The van der Waals surface area contributed by atoms with Crippen LogP contribution in [0.2, 0.25) is 5.02 Å². The molecule has 2 rings (SSSR count). The number of benzene rings is 2. The summed E-state index contributed by atoms with van der Waals surface area (Å²) in [5, 5.41) is 23.0. The first-order valence-electron chi connectivity index (χ1n) is 8.05. The first-order chi connectivity index (χ1) is 12.4. The molecule has 2 aromatic carbocycles. The topological polar surface area (TPSA) is 89.9 Å². The van der Waals surface area contributed by atoms with Gasteiger partial charge in [0, 0.05) is 25.2 Å². The fraction of sp³-hybridized carbons (Fsp3) is 0.263. The van der Waals surface area contributed by atoms with Crippen molar-refractivity contribution in [3.05, 3.63) is 70.7 Å². The Kier molecular flexibility index (Phi) is 7.15. The number of aliphatic hydroxyl groups is 2. The number of nitrogens with one attached hydrogen (secondary N) is 1. The minimum Gasteiger partial charge on any atom is -0.380 e. The number of carbonyl (C=O) groups excluding carboxylic acids is 2. The maximum atomic E-state index is 12.2. The number of nitrogens with zero attached hydrogens (tertiary/aromatic N) is 1. The lowest BCUT2D eigenvalue weighted by Crippen LogP contribution is -2.49. The summed E-state index contributed by atoms with van der Waals surface area (Å²) in [6.45, 7) is 0.406. The van der Waals surface area contributed by atoms with Crippen molar-refractivity contribution in [1.29, 1.82) is 0 Å². The first kappa shape index (κ1) is 19.9. The van der Waals surface area contributed by atoms with Gasteiger partial charge in [0.25, 0.3) is 11.8 Å². The monoisotopic (exact) mass is 376 g/mol. The molecule has 0 aliphatic carbocycles. The second kappa shape index (κ2) is 9.33. The quantitative estimate of drug-likeness (QED) is 0.680. The highest BCUT2D eigenvalue weighted by Crippen LogP contribution is 2.10. The lowest BCUT2D eigenvalue weighted by Gasteiger charge is -2.23. The van der Waals surface area contributed by atoms with Gasteiger partial charge < -0.3 is 20.4 Å². The summed E-state index contributed by atoms with van der Waals surface area (Å²) in [5.74, 6) is -1.56. The van der Waals surface area contributed by atoms with Gasteiger partial charge >= 0.3 is 0 Å². The SMILES string of the molecule is CN(Cc1ccccc1)C(=O)[C@H](O)[C@@H](O)C(=O)NCc1ccc(Cl)cc1. The third-order valence-corrected chi connectivity index (χ3v) is 4.09. The van der Waals surface area contributed by atoms with E-state index < -0.39 is 24.0 Å². The van der Waals surface area contributed by atoms with E-state index in [1.165, 1.54) is 11.9 Å². The smallest absolute Gasteiger partial charge is 0.254 e. The molecule has 2 aromatic rings. The van der Waals surface area contributed by atoms with E-state index in [-0.39, 0.29) is 13.1 Å². The van der Waals surface area contributed by atoms with Crippen LogP contribution in [0.3, 0.4) is 0 Å². The van der Waals surface area contributed by atoms with Gasteiger partial charge in [-0.3, -0.25) is 9.59 Å². The molecule has 0 aliphatic rings. The highest BCUT2D eigenvalue weighted by atomic mass is 35.5. The van der Waals surface area contributed by atoms with Gasteiger partial charge in [0.05, 0.1) is 0 Å². The van der Waals surface area contributed by atoms with Crippen LogP contribution >= 0.6 is 11.6 Å². The molecular formula is C19H21ClN2O4. The molecule has 0 saturated carbocycles. The highest BCUT2D eigenvalue weighted by Gasteiger charge is 2.32. The van der Waals surface area contributed by atoms with E-state index in [0.717, 1.165) is 11.1 Å². The Morgan fingerprint density at radius 3 is 2.23 bits per heavy atom. The molecule has 0 spiro atoms. The van der Waals surface area contributed by atoms with Crippen LogP contribution in [0.25, 0.3) is 0 Å². The zero-order chi connectivity index (χ0) is 19.1. The van der Waals surface area contributed by atoms with E-state index in [2.05, 4.69) is 5.32 Å². The summed E-state index contributed by atoms with van der Waals surface area (Å²) < 4.78 is 0. The van der Waals surface area contributed by atoms with Gasteiger partial charge in [0.1, 0.15) is 0 Å². The van der Waals surface area contributed by atoms with Gasteiger partial charge in [0.15, 0.2) is 12.2 Å². The first-order valence-corrected chi connectivity index (χ1v) is 8.43. The maximum absolute atomic E-state index is 12.2. The predicted octanol–water partition coefficient (Wildman–Crippen LogP) is 1.34. The predicted molar refractivity (Wildman–Crippen MR) is 98.2 cm³/mol. The van der Waals surface area contributed by atoms with E-state index in [0.29, 0.717) is 5.02 Å². The summed E-state index contributed by atoms with van der Waals surface area (Å²) >= 11 is 5.79. The normalized spacial score (nSPS) is 12.9. The van der Waals surface area contributed by atoms with Crippen molar-refractivity contribution < 1.29 is 19.8 Å². The summed E-state index contributed by atoms with van der Waals surface area (Å²) in [6, 6.07) is 16.0. The van der Waals surface area contributed by atoms with Crippen molar-refractivity contribution in [2.75, 3.05) is 7.05 Å². The van der Waals surface area contributed by atoms with Gasteiger partial charge in [-0.25, -0.2) is 0 Å². The number of halogens is 1. The summed E-state index contributed by atoms with van der Waals surface area (Å²) in [7, 11) is 1.50. The van der Waals surface area contributed by atoms with Crippen LogP contribution in [-0.4, -0.2) is 46.2 Å². The summed E-state index contributed by atoms with van der Waals surface area (Å²) in [4.78, 5) is 25.5. The molecule has 0 unspecified atom stereocenters. The molecule has 0 bridgehead atoms. The number of aliphatic hydroxyl groups excluding tert-OH is 2. The van der Waals surface area contributed by atoms with Crippen LogP contribution in [-0.2, 0) is 22.7 Å². The van der Waals surface area contributed by atoms with Crippen LogP contribution in [0.15, 0.2) is 54.6 Å². The van der Waals surface area contributed by atoms with Crippen molar-refractivity contribution in [1.82, 2.24) is 10.2 Å². The van der Waals surface area contributed by atoms with Crippen LogP contribution in [0.5, 0.6) is 0 Å². The molecule has 3 N–H and O–H groups in total. The molecule has 6 nitrogen and oxygen atoms in total. The standard InChI is InChI=1S/C19H21ClN2O4/c1-22(12-14-5-3-2-4-6-14)19(26)17(24)16(23)18(25)21-11-13-7-9-15(20)10-8-13/h2-10,16-17,23-24H,11-12H2,1H3,(H,21,25)/t16-,17-/m1/s1. The third-order valence-electron chi connectivity index (χ3n) is 3.84. The van der Waals surface area contributed by atoms with Crippen molar-refractivity contribution in [2.24, 2.45) is 0 Å². The van der Waals surface area contributed by atoms with Gasteiger partial charge in [-0.2, -0.15) is 0 Å². The van der Waals surface area contributed by atoms with E-state index >= 15 is 0 Å². The Bertz CT molecular complexity index is 737. The fourth-order valence-corrected chi connectivity index (χ4v) is 2.46. The second-order valence-corrected chi connectivity index (χ2v) is 6.35. The average molecular weight is 377 g/mol. The van der Waals surface area contributed by atoms with E-state index in [1.54, 1.807) is 24.3 Å². The number of carbonyl (C=O) groups is 2. The molecule has 26 heavy (non-hydrogen) atoms. The van der Waals surface area contributed by atoms with E-state index in [1.807, 2.05) is 30.3 Å². The molecule has 138 valence electrons. The summed E-state index contributed by atoms with van der Waals surface area (Å²) in [6.07, 6.45) is -3.69. The lowest BCUT2D eigenvalue weighted by molar-refractivity contribution is -0.152. The largest absolute Gasteiger partial charge is 0.380 e. The molecule has 0 heterocycles.